The minimum atomic E-state index is -3.60. The molecule has 9 heteroatoms. The van der Waals surface area contributed by atoms with Crippen LogP contribution in [0.4, 0.5) is 0 Å². The fourth-order valence-corrected chi connectivity index (χ4v) is 4.81. The van der Waals surface area contributed by atoms with Crippen LogP contribution in [0.25, 0.3) is 0 Å². The number of hydrogen-bond acceptors (Lipinski definition) is 5. The van der Waals surface area contributed by atoms with Crippen molar-refractivity contribution < 1.29 is 17.9 Å². The molecule has 7 nitrogen and oxygen atoms in total. The largest absolute Gasteiger partial charge is 0.378 e. The summed E-state index contributed by atoms with van der Waals surface area (Å²) in [6.45, 7) is 2.67. The summed E-state index contributed by atoms with van der Waals surface area (Å²) < 4.78 is 33.1. The quantitative estimate of drug-likeness (QED) is 0.763. The first-order valence-electron chi connectivity index (χ1n) is 8.71. The van der Waals surface area contributed by atoms with E-state index in [9.17, 15) is 13.2 Å². The highest BCUT2D eigenvalue weighted by Gasteiger charge is 2.30. The van der Waals surface area contributed by atoms with Gasteiger partial charge in [0.1, 0.15) is 0 Å². The molecule has 1 heterocycles. The van der Waals surface area contributed by atoms with Gasteiger partial charge in [0.25, 0.3) is 5.91 Å². The Labute approximate surface area is 160 Å². The van der Waals surface area contributed by atoms with Gasteiger partial charge in [-0.05, 0) is 49.6 Å². The summed E-state index contributed by atoms with van der Waals surface area (Å²) in [5.74, 6) is 0.0937. The molecule has 1 aliphatic heterocycles. The average molecular weight is 404 g/mol. The lowest BCUT2D eigenvalue weighted by Gasteiger charge is -2.26. The number of nitrogens with two attached hydrogens (primary N) is 1. The van der Waals surface area contributed by atoms with Gasteiger partial charge in [-0.15, -0.1) is 12.4 Å². The normalized spacial score (nSPS) is 23.5. The second-order valence-electron chi connectivity index (χ2n) is 6.58. The molecule has 2 unspecified atom stereocenters. The van der Waals surface area contributed by atoms with E-state index in [0.717, 1.165) is 19.3 Å². The van der Waals surface area contributed by atoms with Crippen LogP contribution in [0.3, 0.4) is 0 Å². The number of morpholine rings is 1. The first-order valence-corrected chi connectivity index (χ1v) is 10.2. The monoisotopic (exact) mass is 403 g/mol. The van der Waals surface area contributed by atoms with Crippen molar-refractivity contribution >= 4 is 28.3 Å². The van der Waals surface area contributed by atoms with E-state index in [1.165, 1.54) is 12.1 Å². The Morgan fingerprint density at radius 1 is 1.19 bits per heavy atom. The Kier molecular flexibility index (Phi) is 7.42. The minimum absolute atomic E-state index is 0. The van der Waals surface area contributed by atoms with Crippen molar-refractivity contribution in [3.05, 3.63) is 29.8 Å². The van der Waals surface area contributed by atoms with Crippen LogP contribution in [0.1, 0.15) is 29.6 Å². The van der Waals surface area contributed by atoms with E-state index in [1.54, 1.807) is 17.0 Å². The van der Waals surface area contributed by atoms with Crippen LogP contribution in [-0.4, -0.2) is 58.1 Å². The lowest BCUT2D eigenvalue weighted by Crippen LogP contribution is -2.41. The molecule has 2 atom stereocenters. The van der Waals surface area contributed by atoms with Crippen LogP contribution in [0.5, 0.6) is 0 Å². The number of hydrogen-bond donors (Lipinski definition) is 2. The van der Waals surface area contributed by atoms with Crippen LogP contribution in [0.15, 0.2) is 29.2 Å². The van der Waals surface area contributed by atoms with Crippen molar-refractivity contribution in [3.8, 4) is 0 Å². The molecule has 2 fully saturated rings. The minimum Gasteiger partial charge on any atom is -0.378 e. The van der Waals surface area contributed by atoms with Crippen LogP contribution in [0, 0.1) is 5.92 Å². The van der Waals surface area contributed by atoms with E-state index < -0.39 is 10.0 Å². The predicted molar refractivity (Wildman–Crippen MR) is 101 cm³/mol. The maximum atomic E-state index is 12.6. The highest BCUT2D eigenvalue weighted by Crippen LogP contribution is 2.26. The van der Waals surface area contributed by atoms with Gasteiger partial charge in [-0.1, -0.05) is 6.42 Å². The first-order chi connectivity index (χ1) is 12.0. The lowest BCUT2D eigenvalue weighted by atomic mass is 10.1. The Morgan fingerprint density at radius 3 is 2.46 bits per heavy atom. The van der Waals surface area contributed by atoms with Gasteiger partial charge in [-0.3, -0.25) is 4.79 Å². The molecule has 1 aromatic rings. The maximum absolute atomic E-state index is 12.6. The standard InChI is InChI=1S/C17H25N3O4S.ClH/c18-12-14-2-1-3-16(14)19-25(22,23)15-6-4-13(5-7-15)17(21)20-8-10-24-11-9-20;/h4-7,14,16,19H,1-3,8-12,18H2;1H. The number of rotatable bonds is 5. The molecule has 0 aromatic heterocycles. The number of nitrogens with one attached hydrogen (secondary N) is 1. The van der Waals surface area contributed by atoms with E-state index in [1.807, 2.05) is 0 Å². The van der Waals surface area contributed by atoms with E-state index >= 15 is 0 Å². The zero-order valence-corrected chi connectivity index (χ0v) is 16.2. The molecule has 0 bridgehead atoms. The van der Waals surface area contributed by atoms with Crippen LogP contribution >= 0.6 is 12.4 Å². The molecule has 2 aliphatic rings. The van der Waals surface area contributed by atoms with Gasteiger partial charge in [0.2, 0.25) is 10.0 Å². The maximum Gasteiger partial charge on any atom is 0.254 e. The predicted octanol–water partition coefficient (Wildman–Crippen LogP) is 0.987. The molecule has 1 aliphatic carbocycles. The molecular weight excluding hydrogens is 378 g/mol. The molecular formula is C17H26ClN3O4S. The van der Waals surface area contributed by atoms with Crippen molar-refractivity contribution in [2.45, 2.75) is 30.2 Å². The zero-order chi connectivity index (χ0) is 17.9. The molecule has 3 rings (SSSR count). The van der Waals surface area contributed by atoms with Gasteiger partial charge in [-0.2, -0.15) is 0 Å². The van der Waals surface area contributed by atoms with Gasteiger partial charge >= 0.3 is 0 Å². The Balaban J connectivity index is 0.00000243. The summed E-state index contributed by atoms with van der Waals surface area (Å²) in [4.78, 5) is 14.3. The molecule has 1 aromatic carbocycles. The molecule has 3 N–H and O–H groups in total. The summed E-state index contributed by atoms with van der Waals surface area (Å²) in [7, 11) is -3.60. The van der Waals surface area contributed by atoms with Crippen molar-refractivity contribution in [1.29, 1.82) is 0 Å². The molecule has 1 saturated carbocycles. The van der Waals surface area contributed by atoms with E-state index in [0.29, 0.717) is 38.4 Å². The van der Waals surface area contributed by atoms with Gasteiger partial charge in [0, 0.05) is 24.7 Å². The topological polar surface area (TPSA) is 102 Å². The summed E-state index contributed by atoms with van der Waals surface area (Å²) in [5, 5.41) is 0. The number of amides is 1. The Bertz CT molecular complexity index is 705. The summed E-state index contributed by atoms with van der Waals surface area (Å²) >= 11 is 0. The number of sulfonamides is 1. The fourth-order valence-electron chi connectivity index (χ4n) is 3.47. The Morgan fingerprint density at radius 2 is 1.85 bits per heavy atom. The average Bonchev–Trinajstić information content (AvgIpc) is 3.08. The smallest absolute Gasteiger partial charge is 0.254 e. The van der Waals surface area contributed by atoms with E-state index in [4.69, 9.17) is 10.5 Å². The molecule has 1 saturated heterocycles. The van der Waals surface area contributed by atoms with Gasteiger partial charge < -0.3 is 15.4 Å². The van der Waals surface area contributed by atoms with Crippen LogP contribution < -0.4 is 10.5 Å². The van der Waals surface area contributed by atoms with E-state index in [2.05, 4.69) is 4.72 Å². The van der Waals surface area contributed by atoms with Gasteiger partial charge in [-0.25, -0.2) is 13.1 Å². The van der Waals surface area contributed by atoms with Crippen molar-refractivity contribution in [3.63, 3.8) is 0 Å². The summed E-state index contributed by atoms with van der Waals surface area (Å²) in [5.41, 5.74) is 6.21. The molecule has 26 heavy (non-hydrogen) atoms. The number of benzene rings is 1. The molecule has 146 valence electrons. The summed E-state index contributed by atoms with van der Waals surface area (Å²) in [6.07, 6.45) is 2.76. The number of ether oxygens (including phenoxy) is 1. The van der Waals surface area contributed by atoms with Crippen LogP contribution in [-0.2, 0) is 14.8 Å². The molecule has 1 amide bonds. The van der Waals surface area contributed by atoms with Gasteiger partial charge in [0.05, 0.1) is 18.1 Å². The van der Waals surface area contributed by atoms with Crippen LogP contribution in [0.2, 0.25) is 0 Å². The first kappa shape index (κ1) is 21.1. The third kappa shape index (κ3) is 4.75. The fraction of sp³-hybridized carbons (Fsp3) is 0.588. The Hall–Kier alpha value is -1.19. The zero-order valence-electron chi connectivity index (χ0n) is 14.6. The SMILES string of the molecule is Cl.NCC1CCCC1NS(=O)(=O)c1ccc(C(=O)N2CCOCC2)cc1. The highest BCUT2D eigenvalue weighted by atomic mass is 35.5. The number of carbonyl (C=O) groups is 1. The highest BCUT2D eigenvalue weighted by molar-refractivity contribution is 7.89. The van der Waals surface area contributed by atoms with Gasteiger partial charge in [0.15, 0.2) is 0 Å². The van der Waals surface area contributed by atoms with Crippen molar-refractivity contribution in [2.24, 2.45) is 11.7 Å². The second kappa shape index (κ2) is 9.14. The second-order valence-corrected chi connectivity index (χ2v) is 8.30. The van der Waals surface area contributed by atoms with Crippen molar-refractivity contribution in [1.82, 2.24) is 9.62 Å². The molecule has 0 radical (unpaired) electrons. The number of nitrogens with zero attached hydrogens (tertiary/aromatic N) is 1. The molecule has 0 spiro atoms. The summed E-state index contributed by atoms with van der Waals surface area (Å²) in [6, 6.07) is 6.01. The lowest BCUT2D eigenvalue weighted by molar-refractivity contribution is 0.0303. The van der Waals surface area contributed by atoms with E-state index in [-0.39, 0.29) is 35.2 Å². The third-order valence-corrected chi connectivity index (χ3v) is 6.48. The van der Waals surface area contributed by atoms with Crippen molar-refractivity contribution in [2.75, 3.05) is 32.8 Å². The third-order valence-electron chi connectivity index (χ3n) is 4.98. The number of halogens is 1. The number of carbonyl (C=O) groups excluding carboxylic acids is 1.